The predicted molar refractivity (Wildman–Crippen MR) is 95.1 cm³/mol. The van der Waals surface area contributed by atoms with E-state index in [0.29, 0.717) is 36.6 Å². The SMILES string of the molecule is CCOc1ccccc1NC(=O)COc1ccc2c(c1)CCC(=O)N2. The summed E-state index contributed by atoms with van der Waals surface area (Å²) in [5, 5.41) is 5.60. The molecule has 0 aliphatic carbocycles. The van der Waals surface area contributed by atoms with Crippen LogP contribution in [-0.2, 0) is 16.0 Å². The Morgan fingerprint density at radius 3 is 2.84 bits per heavy atom. The number of carbonyl (C=O) groups is 2. The maximum atomic E-state index is 12.1. The van der Waals surface area contributed by atoms with Crippen molar-refractivity contribution >= 4 is 23.2 Å². The Morgan fingerprint density at radius 1 is 1.16 bits per heavy atom. The van der Waals surface area contributed by atoms with E-state index in [2.05, 4.69) is 10.6 Å². The Hall–Kier alpha value is -3.02. The molecule has 25 heavy (non-hydrogen) atoms. The Kier molecular flexibility index (Phi) is 5.18. The first-order valence-electron chi connectivity index (χ1n) is 8.23. The standard InChI is InChI=1S/C19H20N2O4/c1-2-24-17-6-4-3-5-16(17)21-19(23)12-25-14-8-9-15-13(11-14)7-10-18(22)20-15/h3-6,8-9,11H,2,7,10,12H2,1H3,(H,20,22)(H,21,23). The van der Waals surface area contributed by atoms with E-state index in [1.165, 1.54) is 0 Å². The summed E-state index contributed by atoms with van der Waals surface area (Å²) in [6, 6.07) is 12.7. The van der Waals surface area contributed by atoms with Gasteiger partial charge in [0.05, 0.1) is 12.3 Å². The summed E-state index contributed by atoms with van der Waals surface area (Å²) in [6.45, 7) is 2.31. The van der Waals surface area contributed by atoms with Crippen molar-refractivity contribution in [3.05, 3.63) is 48.0 Å². The van der Waals surface area contributed by atoms with E-state index in [1.807, 2.05) is 25.1 Å². The highest BCUT2D eigenvalue weighted by molar-refractivity contribution is 5.94. The Bertz CT molecular complexity index is 789. The maximum Gasteiger partial charge on any atom is 0.262 e. The normalized spacial score (nSPS) is 12.8. The molecule has 2 N–H and O–H groups in total. The van der Waals surface area contributed by atoms with Gasteiger partial charge in [0, 0.05) is 12.1 Å². The topological polar surface area (TPSA) is 76.7 Å². The Balaban J connectivity index is 1.59. The molecule has 0 fully saturated rings. The first kappa shape index (κ1) is 16.8. The van der Waals surface area contributed by atoms with Crippen LogP contribution >= 0.6 is 0 Å². The van der Waals surface area contributed by atoms with E-state index in [0.717, 1.165) is 11.3 Å². The number of para-hydroxylation sites is 2. The highest BCUT2D eigenvalue weighted by Gasteiger charge is 2.15. The molecular formula is C19H20N2O4. The van der Waals surface area contributed by atoms with Crippen molar-refractivity contribution in [2.24, 2.45) is 0 Å². The van der Waals surface area contributed by atoms with E-state index >= 15 is 0 Å². The zero-order valence-electron chi connectivity index (χ0n) is 14.0. The molecule has 0 atom stereocenters. The van der Waals surface area contributed by atoms with E-state index < -0.39 is 0 Å². The molecule has 6 heteroatoms. The predicted octanol–water partition coefficient (Wildman–Crippen LogP) is 2.99. The number of benzene rings is 2. The van der Waals surface area contributed by atoms with E-state index in [-0.39, 0.29) is 18.4 Å². The van der Waals surface area contributed by atoms with Gasteiger partial charge in [0.2, 0.25) is 5.91 Å². The zero-order valence-corrected chi connectivity index (χ0v) is 14.0. The summed E-state index contributed by atoms with van der Waals surface area (Å²) in [5.41, 5.74) is 2.43. The average Bonchev–Trinajstić information content (AvgIpc) is 2.62. The van der Waals surface area contributed by atoms with Crippen molar-refractivity contribution < 1.29 is 19.1 Å². The number of hydrogen-bond acceptors (Lipinski definition) is 4. The summed E-state index contributed by atoms with van der Waals surface area (Å²) in [7, 11) is 0. The first-order chi connectivity index (χ1) is 12.2. The molecular weight excluding hydrogens is 320 g/mol. The van der Waals surface area contributed by atoms with Crippen molar-refractivity contribution in [3.63, 3.8) is 0 Å². The number of fused-ring (bicyclic) bond motifs is 1. The number of ether oxygens (including phenoxy) is 2. The van der Waals surface area contributed by atoms with E-state index in [9.17, 15) is 9.59 Å². The van der Waals surface area contributed by atoms with Crippen LogP contribution in [0.3, 0.4) is 0 Å². The van der Waals surface area contributed by atoms with Gasteiger partial charge in [0.15, 0.2) is 6.61 Å². The molecule has 1 aliphatic heterocycles. The maximum absolute atomic E-state index is 12.1. The number of amides is 2. The quantitative estimate of drug-likeness (QED) is 0.847. The van der Waals surface area contributed by atoms with Crippen molar-refractivity contribution in [2.45, 2.75) is 19.8 Å². The lowest BCUT2D eigenvalue weighted by molar-refractivity contribution is -0.118. The molecule has 6 nitrogen and oxygen atoms in total. The number of nitrogens with one attached hydrogen (secondary N) is 2. The fraction of sp³-hybridized carbons (Fsp3) is 0.263. The Labute approximate surface area is 146 Å². The van der Waals surface area contributed by atoms with Crippen LogP contribution in [0.25, 0.3) is 0 Å². The molecule has 3 rings (SSSR count). The molecule has 0 bridgehead atoms. The fourth-order valence-corrected chi connectivity index (χ4v) is 2.64. The summed E-state index contributed by atoms with van der Waals surface area (Å²) < 4.78 is 11.0. The second-order valence-corrected chi connectivity index (χ2v) is 5.63. The molecule has 0 aromatic heterocycles. The molecule has 0 spiro atoms. The van der Waals surface area contributed by atoms with E-state index in [4.69, 9.17) is 9.47 Å². The number of aryl methyl sites for hydroxylation is 1. The molecule has 0 radical (unpaired) electrons. The zero-order chi connectivity index (χ0) is 17.6. The molecule has 0 unspecified atom stereocenters. The third-order valence-electron chi connectivity index (χ3n) is 3.80. The Morgan fingerprint density at radius 2 is 2.00 bits per heavy atom. The van der Waals surface area contributed by atoms with Gasteiger partial charge < -0.3 is 20.1 Å². The summed E-state index contributed by atoms with van der Waals surface area (Å²) in [6.07, 6.45) is 1.14. The van der Waals surface area contributed by atoms with Gasteiger partial charge in [-0.15, -0.1) is 0 Å². The highest BCUT2D eigenvalue weighted by atomic mass is 16.5. The van der Waals surface area contributed by atoms with Gasteiger partial charge in [-0.05, 0) is 49.2 Å². The fourth-order valence-electron chi connectivity index (χ4n) is 2.64. The van der Waals surface area contributed by atoms with Crippen LogP contribution in [0.1, 0.15) is 18.9 Å². The smallest absolute Gasteiger partial charge is 0.262 e. The van der Waals surface area contributed by atoms with Gasteiger partial charge in [0.1, 0.15) is 11.5 Å². The average molecular weight is 340 g/mol. The van der Waals surface area contributed by atoms with Crippen LogP contribution in [-0.4, -0.2) is 25.0 Å². The summed E-state index contributed by atoms with van der Waals surface area (Å²) in [4.78, 5) is 23.5. The van der Waals surface area contributed by atoms with E-state index in [1.54, 1.807) is 24.3 Å². The molecule has 1 heterocycles. The van der Waals surface area contributed by atoms with Crippen LogP contribution in [0.4, 0.5) is 11.4 Å². The number of hydrogen-bond donors (Lipinski definition) is 2. The van der Waals surface area contributed by atoms with Crippen LogP contribution < -0.4 is 20.1 Å². The minimum absolute atomic E-state index is 0.0218. The first-order valence-corrected chi connectivity index (χ1v) is 8.23. The molecule has 1 aliphatic rings. The van der Waals surface area contributed by atoms with Gasteiger partial charge in [0.25, 0.3) is 5.91 Å². The third-order valence-corrected chi connectivity index (χ3v) is 3.80. The molecule has 2 aromatic carbocycles. The van der Waals surface area contributed by atoms with Crippen molar-refractivity contribution in [3.8, 4) is 11.5 Å². The summed E-state index contributed by atoms with van der Waals surface area (Å²) >= 11 is 0. The monoisotopic (exact) mass is 340 g/mol. The van der Waals surface area contributed by atoms with Gasteiger partial charge in [-0.2, -0.15) is 0 Å². The van der Waals surface area contributed by atoms with Crippen LogP contribution in [0.2, 0.25) is 0 Å². The second-order valence-electron chi connectivity index (χ2n) is 5.63. The second kappa shape index (κ2) is 7.70. The molecule has 2 amide bonds. The summed E-state index contributed by atoms with van der Waals surface area (Å²) in [5.74, 6) is 0.984. The van der Waals surface area contributed by atoms with Crippen LogP contribution in [0.5, 0.6) is 11.5 Å². The van der Waals surface area contributed by atoms with Gasteiger partial charge >= 0.3 is 0 Å². The van der Waals surface area contributed by atoms with Crippen molar-refractivity contribution in [1.82, 2.24) is 0 Å². The molecule has 130 valence electrons. The minimum Gasteiger partial charge on any atom is -0.492 e. The number of rotatable bonds is 6. The van der Waals surface area contributed by atoms with Gasteiger partial charge in [-0.1, -0.05) is 12.1 Å². The molecule has 2 aromatic rings. The van der Waals surface area contributed by atoms with Gasteiger partial charge in [-0.25, -0.2) is 0 Å². The molecule has 0 saturated carbocycles. The minimum atomic E-state index is -0.266. The van der Waals surface area contributed by atoms with Crippen molar-refractivity contribution in [1.29, 1.82) is 0 Å². The lowest BCUT2D eigenvalue weighted by atomic mass is 10.0. The van der Waals surface area contributed by atoms with Gasteiger partial charge in [-0.3, -0.25) is 9.59 Å². The lowest BCUT2D eigenvalue weighted by Crippen LogP contribution is -2.21. The highest BCUT2D eigenvalue weighted by Crippen LogP contribution is 2.27. The largest absolute Gasteiger partial charge is 0.492 e. The third kappa shape index (κ3) is 4.29. The van der Waals surface area contributed by atoms with Crippen LogP contribution in [0.15, 0.2) is 42.5 Å². The lowest BCUT2D eigenvalue weighted by Gasteiger charge is -2.17. The number of carbonyl (C=O) groups excluding carboxylic acids is 2. The van der Waals surface area contributed by atoms with Crippen molar-refractivity contribution in [2.75, 3.05) is 23.8 Å². The number of anilines is 2. The van der Waals surface area contributed by atoms with Crippen LogP contribution in [0, 0.1) is 0 Å². The molecule has 0 saturated heterocycles.